The van der Waals surface area contributed by atoms with Crippen LogP contribution < -0.4 is 4.74 Å². The van der Waals surface area contributed by atoms with E-state index < -0.39 is 24.2 Å². The number of aromatic nitrogens is 1. The molecule has 1 aromatic carbocycles. The SMILES string of the molecule is Fc1ccc(Br)c(F)c1COc1cccnc1F. The molecule has 0 radical (unpaired) electrons. The molecule has 0 unspecified atom stereocenters. The van der Waals surface area contributed by atoms with Crippen LogP contribution in [0.2, 0.25) is 0 Å². The molecule has 0 aliphatic carbocycles. The van der Waals surface area contributed by atoms with Crippen LogP contribution in [0.4, 0.5) is 13.2 Å². The Morgan fingerprint density at radius 3 is 2.67 bits per heavy atom. The average molecular weight is 318 g/mol. The van der Waals surface area contributed by atoms with E-state index in [9.17, 15) is 13.2 Å². The van der Waals surface area contributed by atoms with Crippen molar-refractivity contribution in [1.82, 2.24) is 4.98 Å². The van der Waals surface area contributed by atoms with Gasteiger partial charge in [-0.15, -0.1) is 0 Å². The first-order chi connectivity index (χ1) is 8.59. The van der Waals surface area contributed by atoms with E-state index in [-0.39, 0.29) is 15.8 Å². The molecule has 0 atom stereocenters. The second-order valence-corrected chi connectivity index (χ2v) is 4.26. The largest absolute Gasteiger partial charge is 0.484 e. The maximum absolute atomic E-state index is 13.6. The van der Waals surface area contributed by atoms with E-state index in [0.717, 1.165) is 6.07 Å². The van der Waals surface area contributed by atoms with Crippen LogP contribution in [-0.2, 0) is 6.61 Å². The third-order valence-electron chi connectivity index (χ3n) is 2.24. The number of rotatable bonds is 3. The standard InChI is InChI=1S/C12H7BrF3NO/c13-8-3-4-9(14)7(11(8)15)6-18-10-2-1-5-17-12(10)16/h1-5H,6H2. The quantitative estimate of drug-likeness (QED) is 0.634. The molecule has 0 bridgehead atoms. The van der Waals surface area contributed by atoms with E-state index in [4.69, 9.17) is 4.74 Å². The molecule has 0 saturated carbocycles. The van der Waals surface area contributed by atoms with Crippen LogP contribution >= 0.6 is 15.9 Å². The minimum atomic E-state index is -0.826. The predicted octanol–water partition coefficient (Wildman–Crippen LogP) is 3.84. The van der Waals surface area contributed by atoms with Crippen LogP contribution in [0.5, 0.6) is 5.75 Å². The van der Waals surface area contributed by atoms with Crippen molar-refractivity contribution in [3.63, 3.8) is 0 Å². The van der Waals surface area contributed by atoms with Crippen molar-refractivity contribution >= 4 is 15.9 Å². The number of ether oxygens (including phenoxy) is 1. The number of halogens is 4. The molecule has 0 aliphatic heterocycles. The van der Waals surface area contributed by atoms with Gasteiger partial charge in [0.2, 0.25) is 0 Å². The molecule has 2 nitrogen and oxygen atoms in total. The van der Waals surface area contributed by atoms with Gasteiger partial charge in [0.05, 0.1) is 10.0 Å². The highest BCUT2D eigenvalue weighted by Crippen LogP contribution is 2.23. The Hall–Kier alpha value is -1.56. The van der Waals surface area contributed by atoms with Crippen molar-refractivity contribution < 1.29 is 17.9 Å². The van der Waals surface area contributed by atoms with Crippen LogP contribution in [0.3, 0.4) is 0 Å². The molecule has 0 N–H and O–H groups in total. The van der Waals surface area contributed by atoms with Crippen molar-refractivity contribution in [2.45, 2.75) is 6.61 Å². The highest BCUT2D eigenvalue weighted by atomic mass is 79.9. The first kappa shape index (κ1) is 12.9. The lowest BCUT2D eigenvalue weighted by molar-refractivity contribution is 0.274. The zero-order valence-corrected chi connectivity index (χ0v) is 10.5. The summed E-state index contributed by atoms with van der Waals surface area (Å²) in [6, 6.07) is 5.15. The average Bonchev–Trinajstić information content (AvgIpc) is 2.36. The Balaban J connectivity index is 2.21. The van der Waals surface area contributed by atoms with Crippen LogP contribution in [0, 0.1) is 17.6 Å². The Labute approximate surface area is 110 Å². The number of nitrogens with zero attached hydrogens (tertiary/aromatic N) is 1. The summed E-state index contributed by atoms with van der Waals surface area (Å²) >= 11 is 2.94. The summed E-state index contributed by atoms with van der Waals surface area (Å²) in [4.78, 5) is 3.37. The van der Waals surface area contributed by atoms with Crippen molar-refractivity contribution in [3.8, 4) is 5.75 Å². The van der Waals surface area contributed by atoms with E-state index in [1.807, 2.05) is 0 Å². The molecular formula is C12H7BrF3NO. The summed E-state index contributed by atoms with van der Waals surface area (Å²) in [6.07, 6.45) is 1.25. The predicted molar refractivity (Wildman–Crippen MR) is 62.6 cm³/mol. The third kappa shape index (κ3) is 2.64. The lowest BCUT2D eigenvalue weighted by atomic mass is 10.2. The van der Waals surface area contributed by atoms with Gasteiger partial charge in [0.1, 0.15) is 18.2 Å². The fraction of sp³-hybridized carbons (Fsp3) is 0.0833. The topological polar surface area (TPSA) is 22.1 Å². The van der Waals surface area contributed by atoms with E-state index in [1.54, 1.807) is 0 Å². The monoisotopic (exact) mass is 317 g/mol. The number of hydrogen-bond donors (Lipinski definition) is 0. The Morgan fingerprint density at radius 2 is 1.94 bits per heavy atom. The van der Waals surface area contributed by atoms with Gasteiger partial charge in [0.15, 0.2) is 5.75 Å². The molecule has 0 amide bonds. The molecule has 18 heavy (non-hydrogen) atoms. The molecule has 0 saturated heterocycles. The van der Waals surface area contributed by atoms with Crippen molar-refractivity contribution in [3.05, 3.63) is 58.1 Å². The molecule has 94 valence electrons. The molecule has 0 aliphatic rings. The van der Waals surface area contributed by atoms with Crippen LogP contribution in [0.15, 0.2) is 34.9 Å². The smallest absolute Gasteiger partial charge is 0.255 e. The highest BCUT2D eigenvalue weighted by molar-refractivity contribution is 9.10. The molecular weight excluding hydrogens is 311 g/mol. The second-order valence-electron chi connectivity index (χ2n) is 3.40. The van der Waals surface area contributed by atoms with Crippen LogP contribution in [-0.4, -0.2) is 4.98 Å². The molecule has 0 fully saturated rings. The lowest BCUT2D eigenvalue weighted by Crippen LogP contribution is -2.04. The molecule has 2 aromatic rings. The highest BCUT2D eigenvalue weighted by Gasteiger charge is 2.14. The van der Waals surface area contributed by atoms with E-state index in [1.165, 1.54) is 24.4 Å². The summed E-state index contributed by atoms with van der Waals surface area (Å²) in [5.74, 6) is -2.50. The minimum absolute atomic E-state index is 0.120. The first-order valence-electron chi connectivity index (χ1n) is 4.95. The summed E-state index contributed by atoms with van der Waals surface area (Å²) in [5, 5.41) is 0. The van der Waals surface area contributed by atoms with Gasteiger partial charge in [-0.2, -0.15) is 4.39 Å². The van der Waals surface area contributed by atoms with Gasteiger partial charge in [0.25, 0.3) is 5.95 Å². The lowest BCUT2D eigenvalue weighted by Gasteiger charge is -2.09. The Morgan fingerprint density at radius 1 is 1.17 bits per heavy atom. The number of benzene rings is 1. The van der Waals surface area contributed by atoms with Gasteiger partial charge in [0, 0.05) is 6.20 Å². The summed E-state index contributed by atoms with van der Waals surface area (Å²) in [5.41, 5.74) is -0.271. The zero-order valence-electron chi connectivity index (χ0n) is 8.96. The molecule has 6 heteroatoms. The van der Waals surface area contributed by atoms with Gasteiger partial charge in [-0.25, -0.2) is 13.8 Å². The van der Waals surface area contributed by atoms with Gasteiger partial charge in [-0.05, 0) is 40.2 Å². The van der Waals surface area contributed by atoms with Crippen molar-refractivity contribution in [2.75, 3.05) is 0 Å². The summed E-state index contributed by atoms with van der Waals surface area (Å²) in [7, 11) is 0. The normalized spacial score (nSPS) is 10.4. The number of hydrogen-bond acceptors (Lipinski definition) is 2. The first-order valence-corrected chi connectivity index (χ1v) is 5.74. The Kier molecular flexibility index (Phi) is 3.86. The fourth-order valence-electron chi connectivity index (χ4n) is 1.33. The van der Waals surface area contributed by atoms with Gasteiger partial charge < -0.3 is 4.74 Å². The van der Waals surface area contributed by atoms with E-state index in [0.29, 0.717) is 0 Å². The fourth-order valence-corrected chi connectivity index (χ4v) is 1.70. The maximum atomic E-state index is 13.6. The van der Waals surface area contributed by atoms with Crippen LogP contribution in [0.25, 0.3) is 0 Å². The molecule has 1 heterocycles. The van der Waals surface area contributed by atoms with Crippen molar-refractivity contribution in [2.24, 2.45) is 0 Å². The summed E-state index contributed by atoms with van der Waals surface area (Å²) in [6.45, 7) is -0.417. The van der Waals surface area contributed by atoms with Crippen molar-refractivity contribution in [1.29, 1.82) is 0 Å². The zero-order chi connectivity index (χ0) is 13.1. The van der Waals surface area contributed by atoms with E-state index >= 15 is 0 Å². The third-order valence-corrected chi connectivity index (χ3v) is 2.85. The number of pyridine rings is 1. The molecule has 1 aromatic heterocycles. The van der Waals surface area contributed by atoms with Gasteiger partial charge >= 0.3 is 0 Å². The molecule has 2 rings (SSSR count). The maximum Gasteiger partial charge on any atom is 0.255 e. The van der Waals surface area contributed by atoms with Gasteiger partial charge in [-0.1, -0.05) is 0 Å². The second kappa shape index (κ2) is 5.39. The van der Waals surface area contributed by atoms with Gasteiger partial charge in [-0.3, -0.25) is 0 Å². The minimum Gasteiger partial charge on any atom is -0.484 e. The van der Waals surface area contributed by atoms with Crippen LogP contribution in [0.1, 0.15) is 5.56 Å². The Bertz CT molecular complexity index is 577. The summed E-state index contributed by atoms with van der Waals surface area (Å²) < 4.78 is 45.2. The van der Waals surface area contributed by atoms with E-state index in [2.05, 4.69) is 20.9 Å². The molecule has 0 spiro atoms.